The topological polar surface area (TPSA) is 66.4 Å². The van der Waals surface area contributed by atoms with E-state index < -0.39 is 16.9 Å². The molecule has 1 aromatic rings. The fourth-order valence-electron chi connectivity index (χ4n) is 1.64. The minimum atomic E-state index is -1.03. The average molecular weight is 309 g/mol. The number of carbonyl (C=O) groups is 2. The Labute approximate surface area is 130 Å². The number of thioether (sulfide) groups is 1. The van der Waals surface area contributed by atoms with Gasteiger partial charge < -0.3 is 10.4 Å². The lowest BCUT2D eigenvalue weighted by Gasteiger charge is -2.38. The standard InChI is InChI=1S/C16H23NO3S/c1-15(2,14(19)20)16(3,4)17-13(18)11-21-10-12-8-6-5-7-9-12/h5-9H,10-11H2,1-4H3,(H,17,18)(H,19,20). The molecular weight excluding hydrogens is 286 g/mol. The second-order valence-electron chi connectivity index (χ2n) is 6.08. The number of amides is 1. The molecule has 1 amide bonds. The molecule has 0 fully saturated rings. The Hall–Kier alpha value is -1.49. The summed E-state index contributed by atoms with van der Waals surface area (Å²) < 4.78 is 0. The molecule has 0 aliphatic carbocycles. The smallest absolute Gasteiger partial charge is 0.311 e. The van der Waals surface area contributed by atoms with Gasteiger partial charge in [0.2, 0.25) is 5.91 Å². The largest absolute Gasteiger partial charge is 0.481 e. The fraction of sp³-hybridized carbons (Fsp3) is 0.500. The van der Waals surface area contributed by atoms with Crippen molar-refractivity contribution in [2.45, 2.75) is 39.0 Å². The Bertz CT molecular complexity index is 498. The van der Waals surface area contributed by atoms with Gasteiger partial charge in [-0.05, 0) is 33.3 Å². The highest BCUT2D eigenvalue weighted by Crippen LogP contribution is 2.30. The fourth-order valence-corrected chi connectivity index (χ4v) is 2.43. The molecule has 0 spiro atoms. The van der Waals surface area contributed by atoms with Crippen molar-refractivity contribution in [1.29, 1.82) is 0 Å². The monoisotopic (exact) mass is 309 g/mol. The van der Waals surface area contributed by atoms with E-state index in [1.54, 1.807) is 27.7 Å². The number of rotatable bonds is 7. The second-order valence-corrected chi connectivity index (χ2v) is 7.07. The van der Waals surface area contributed by atoms with Gasteiger partial charge >= 0.3 is 5.97 Å². The number of hydrogen-bond donors (Lipinski definition) is 2. The van der Waals surface area contributed by atoms with Crippen LogP contribution in [0.4, 0.5) is 0 Å². The molecule has 0 aliphatic rings. The van der Waals surface area contributed by atoms with Crippen molar-refractivity contribution in [3.63, 3.8) is 0 Å². The Balaban J connectivity index is 2.48. The highest BCUT2D eigenvalue weighted by atomic mass is 32.2. The summed E-state index contributed by atoms with van der Waals surface area (Å²) in [4.78, 5) is 23.3. The summed E-state index contributed by atoms with van der Waals surface area (Å²) in [6.45, 7) is 6.71. The molecule has 116 valence electrons. The Morgan fingerprint density at radius 1 is 1.14 bits per heavy atom. The highest BCUT2D eigenvalue weighted by Gasteiger charge is 2.44. The zero-order chi connectivity index (χ0) is 16.1. The molecule has 4 nitrogen and oxygen atoms in total. The van der Waals surface area contributed by atoms with Crippen molar-refractivity contribution in [2.75, 3.05) is 5.75 Å². The van der Waals surface area contributed by atoms with E-state index in [1.165, 1.54) is 17.3 Å². The molecule has 0 aromatic heterocycles. The number of carboxylic acids is 1. The third-order valence-electron chi connectivity index (χ3n) is 3.89. The third kappa shape index (κ3) is 4.77. The molecule has 1 aromatic carbocycles. The normalized spacial score (nSPS) is 12.0. The number of benzene rings is 1. The van der Waals surface area contributed by atoms with E-state index in [0.717, 1.165) is 5.75 Å². The Morgan fingerprint density at radius 3 is 2.24 bits per heavy atom. The van der Waals surface area contributed by atoms with Crippen LogP contribution in [-0.4, -0.2) is 28.3 Å². The van der Waals surface area contributed by atoms with Crippen LogP contribution in [0.5, 0.6) is 0 Å². The van der Waals surface area contributed by atoms with E-state index in [-0.39, 0.29) is 5.91 Å². The molecule has 21 heavy (non-hydrogen) atoms. The van der Waals surface area contributed by atoms with Crippen LogP contribution < -0.4 is 5.32 Å². The molecule has 0 radical (unpaired) electrons. The zero-order valence-corrected chi connectivity index (χ0v) is 13.8. The van der Waals surface area contributed by atoms with Crippen LogP contribution in [0.3, 0.4) is 0 Å². The zero-order valence-electron chi connectivity index (χ0n) is 13.0. The van der Waals surface area contributed by atoms with E-state index in [0.29, 0.717) is 5.75 Å². The van der Waals surface area contributed by atoms with Crippen molar-refractivity contribution in [1.82, 2.24) is 5.32 Å². The van der Waals surface area contributed by atoms with Crippen molar-refractivity contribution in [3.05, 3.63) is 35.9 Å². The maximum Gasteiger partial charge on any atom is 0.311 e. The summed E-state index contributed by atoms with van der Waals surface area (Å²) >= 11 is 1.51. The lowest BCUT2D eigenvalue weighted by atomic mass is 9.74. The number of carbonyl (C=O) groups excluding carboxylic acids is 1. The van der Waals surface area contributed by atoms with Gasteiger partial charge in [-0.15, -0.1) is 11.8 Å². The molecule has 0 atom stereocenters. The first-order chi connectivity index (χ1) is 9.67. The molecule has 2 N–H and O–H groups in total. The summed E-state index contributed by atoms with van der Waals surface area (Å²) in [5, 5.41) is 12.1. The number of aliphatic carboxylic acids is 1. The number of nitrogens with one attached hydrogen (secondary N) is 1. The van der Waals surface area contributed by atoms with E-state index in [1.807, 2.05) is 30.3 Å². The van der Waals surface area contributed by atoms with Crippen LogP contribution in [-0.2, 0) is 15.3 Å². The molecule has 0 unspecified atom stereocenters. The third-order valence-corrected chi connectivity index (χ3v) is 4.90. The van der Waals surface area contributed by atoms with Crippen molar-refractivity contribution < 1.29 is 14.7 Å². The molecule has 0 aliphatic heterocycles. The SMILES string of the molecule is CC(C)(NC(=O)CSCc1ccccc1)C(C)(C)C(=O)O. The first-order valence-corrected chi connectivity index (χ1v) is 7.98. The van der Waals surface area contributed by atoms with Gasteiger partial charge in [-0.25, -0.2) is 0 Å². The van der Waals surface area contributed by atoms with Gasteiger partial charge in [0.05, 0.1) is 11.2 Å². The second kappa shape index (κ2) is 6.98. The lowest BCUT2D eigenvalue weighted by molar-refractivity contribution is -0.151. The summed E-state index contributed by atoms with van der Waals surface area (Å²) in [7, 11) is 0. The average Bonchev–Trinajstić information content (AvgIpc) is 2.38. The molecule has 0 saturated heterocycles. The number of carboxylic acid groups (broad SMARTS) is 1. The van der Waals surface area contributed by atoms with E-state index in [9.17, 15) is 14.7 Å². The first kappa shape index (κ1) is 17.6. The van der Waals surface area contributed by atoms with Crippen molar-refractivity contribution >= 4 is 23.6 Å². The van der Waals surface area contributed by atoms with Gasteiger partial charge in [0.25, 0.3) is 0 Å². The van der Waals surface area contributed by atoms with Gasteiger partial charge in [0.1, 0.15) is 0 Å². The molecule has 0 heterocycles. The number of hydrogen-bond acceptors (Lipinski definition) is 3. The Kier molecular flexibility index (Phi) is 5.84. The summed E-state index contributed by atoms with van der Waals surface area (Å²) in [6.07, 6.45) is 0. The summed E-state index contributed by atoms with van der Waals surface area (Å²) in [6, 6.07) is 9.92. The van der Waals surface area contributed by atoms with E-state index in [2.05, 4.69) is 5.32 Å². The van der Waals surface area contributed by atoms with E-state index in [4.69, 9.17) is 0 Å². The molecule has 5 heteroatoms. The van der Waals surface area contributed by atoms with Gasteiger partial charge in [-0.3, -0.25) is 9.59 Å². The van der Waals surface area contributed by atoms with Crippen molar-refractivity contribution in [3.8, 4) is 0 Å². The van der Waals surface area contributed by atoms with E-state index >= 15 is 0 Å². The minimum absolute atomic E-state index is 0.143. The predicted molar refractivity (Wildman–Crippen MR) is 86.2 cm³/mol. The molecule has 0 saturated carbocycles. The summed E-state index contributed by atoms with van der Waals surface area (Å²) in [5.41, 5.74) is -0.684. The molecule has 0 bridgehead atoms. The predicted octanol–water partition coefficient (Wildman–Crippen LogP) is 2.93. The Morgan fingerprint density at radius 2 is 1.71 bits per heavy atom. The quantitative estimate of drug-likeness (QED) is 0.812. The van der Waals surface area contributed by atoms with Crippen LogP contribution >= 0.6 is 11.8 Å². The minimum Gasteiger partial charge on any atom is -0.481 e. The maximum absolute atomic E-state index is 12.0. The summed E-state index contributed by atoms with van der Waals surface area (Å²) in [5.74, 6) is 0.00499. The van der Waals surface area contributed by atoms with Gasteiger partial charge in [0, 0.05) is 11.3 Å². The maximum atomic E-state index is 12.0. The van der Waals surface area contributed by atoms with Crippen molar-refractivity contribution in [2.24, 2.45) is 5.41 Å². The van der Waals surface area contributed by atoms with Crippen LogP contribution in [0, 0.1) is 5.41 Å². The van der Waals surface area contributed by atoms with Crippen LogP contribution in [0.15, 0.2) is 30.3 Å². The molecular formula is C16H23NO3S. The van der Waals surface area contributed by atoms with Gasteiger partial charge in [-0.2, -0.15) is 0 Å². The van der Waals surface area contributed by atoms with Crippen LogP contribution in [0.1, 0.15) is 33.3 Å². The van der Waals surface area contributed by atoms with Gasteiger partial charge in [-0.1, -0.05) is 30.3 Å². The van der Waals surface area contributed by atoms with Crippen LogP contribution in [0.25, 0.3) is 0 Å². The highest BCUT2D eigenvalue weighted by molar-refractivity contribution is 7.99. The van der Waals surface area contributed by atoms with Gasteiger partial charge in [0.15, 0.2) is 0 Å². The molecule has 1 rings (SSSR count). The van der Waals surface area contributed by atoms with Crippen LogP contribution in [0.2, 0.25) is 0 Å². The lowest BCUT2D eigenvalue weighted by Crippen LogP contribution is -2.57. The first-order valence-electron chi connectivity index (χ1n) is 6.83.